The van der Waals surface area contributed by atoms with Gasteiger partial charge in [0.15, 0.2) is 8.24 Å². The monoisotopic (exact) mass is 370 g/mol. The number of ether oxygens (including phenoxy) is 1. The zero-order valence-electron chi connectivity index (χ0n) is 16.0. The normalized spacial score (nSPS) is 24.6. The van der Waals surface area contributed by atoms with Crippen LogP contribution in [0, 0.1) is 11.8 Å². The van der Waals surface area contributed by atoms with Crippen LogP contribution >= 0.6 is 0 Å². The quantitative estimate of drug-likeness (QED) is 0.593. The Labute approximate surface area is 150 Å². The van der Waals surface area contributed by atoms with Crippen LogP contribution in [0.25, 0.3) is 0 Å². The first-order valence-corrected chi connectivity index (χ1v) is 11.8. The van der Waals surface area contributed by atoms with E-state index < -0.39 is 26.2 Å². The highest BCUT2D eigenvalue weighted by atomic mass is 28.3. The fraction of sp³-hybridized carbons (Fsp3) is 0.824. The van der Waals surface area contributed by atoms with Crippen molar-refractivity contribution in [1.82, 2.24) is 9.47 Å². The Bertz CT molecular complexity index is 566. The third kappa shape index (κ3) is 3.40. The number of β-lactam (4-membered cyclic amide) rings is 1. The molecule has 0 saturated carbocycles. The zero-order valence-corrected chi connectivity index (χ0v) is 17.0. The van der Waals surface area contributed by atoms with Gasteiger partial charge in [-0.3, -0.25) is 4.79 Å². The standard InChI is InChI=1S/C17H30N2O5Si/c1-7-24-16(23)18-9-11(10-18)8-12-13(15(21)22)19(14(12)20)25(5,6)17(2,3)4/h11-13H,7-10H2,1-6H3,(H,21,22)/t12-,13?/m1/s1. The van der Waals surface area contributed by atoms with Crippen LogP contribution in [0.2, 0.25) is 18.1 Å². The summed E-state index contributed by atoms with van der Waals surface area (Å²) in [7, 11) is -2.22. The minimum absolute atomic E-state index is 0.0337. The van der Waals surface area contributed by atoms with Gasteiger partial charge in [0, 0.05) is 13.1 Å². The van der Waals surface area contributed by atoms with E-state index in [4.69, 9.17) is 4.74 Å². The number of carbonyl (C=O) groups excluding carboxylic acids is 2. The predicted molar refractivity (Wildman–Crippen MR) is 95.7 cm³/mol. The summed E-state index contributed by atoms with van der Waals surface area (Å²) in [5.41, 5.74) is 0. The number of amides is 2. The highest BCUT2D eigenvalue weighted by molar-refractivity contribution is 6.80. The molecule has 0 aromatic heterocycles. The van der Waals surface area contributed by atoms with Crippen LogP contribution in [0.15, 0.2) is 0 Å². The average Bonchev–Trinajstić information content (AvgIpc) is 2.40. The predicted octanol–water partition coefficient (Wildman–Crippen LogP) is 2.38. The van der Waals surface area contributed by atoms with E-state index in [2.05, 4.69) is 33.9 Å². The summed E-state index contributed by atoms with van der Waals surface area (Å²) in [5.74, 6) is -1.26. The number of carboxylic acids is 1. The van der Waals surface area contributed by atoms with Crippen LogP contribution in [-0.2, 0) is 14.3 Å². The molecule has 0 spiro atoms. The molecule has 0 radical (unpaired) electrons. The average molecular weight is 371 g/mol. The lowest BCUT2D eigenvalue weighted by atomic mass is 9.80. The highest BCUT2D eigenvalue weighted by Crippen LogP contribution is 2.46. The van der Waals surface area contributed by atoms with Gasteiger partial charge >= 0.3 is 12.1 Å². The molecule has 0 aliphatic carbocycles. The molecule has 2 amide bonds. The summed E-state index contributed by atoms with van der Waals surface area (Å²) < 4.78 is 6.61. The molecule has 25 heavy (non-hydrogen) atoms. The SMILES string of the molecule is CCOC(=O)N1CC(C[C@H]2C(=O)N([Si](C)(C)C(C)(C)C)C2C(=O)O)C1. The Morgan fingerprint density at radius 2 is 1.84 bits per heavy atom. The van der Waals surface area contributed by atoms with Crippen LogP contribution in [0.4, 0.5) is 4.79 Å². The molecule has 2 aliphatic rings. The first-order chi connectivity index (χ1) is 11.4. The van der Waals surface area contributed by atoms with Gasteiger partial charge in [0.1, 0.15) is 6.04 Å². The lowest BCUT2D eigenvalue weighted by Crippen LogP contribution is -2.75. The lowest BCUT2D eigenvalue weighted by molar-refractivity contribution is -0.165. The Balaban J connectivity index is 2.01. The fourth-order valence-corrected chi connectivity index (χ4v) is 5.91. The summed E-state index contributed by atoms with van der Waals surface area (Å²) >= 11 is 0. The second-order valence-electron chi connectivity index (χ2n) is 8.61. The van der Waals surface area contributed by atoms with Gasteiger partial charge < -0.3 is 19.3 Å². The third-order valence-electron chi connectivity index (χ3n) is 5.98. The van der Waals surface area contributed by atoms with E-state index in [0.717, 1.165) is 0 Å². The fourth-order valence-electron chi connectivity index (χ4n) is 3.49. The van der Waals surface area contributed by atoms with Crippen molar-refractivity contribution in [3.63, 3.8) is 0 Å². The van der Waals surface area contributed by atoms with Gasteiger partial charge in [-0.2, -0.15) is 0 Å². The number of hydrogen-bond acceptors (Lipinski definition) is 4. The van der Waals surface area contributed by atoms with Gasteiger partial charge in [-0.1, -0.05) is 33.9 Å². The van der Waals surface area contributed by atoms with Gasteiger partial charge in [-0.05, 0) is 24.3 Å². The molecule has 2 fully saturated rings. The van der Waals surface area contributed by atoms with Gasteiger partial charge in [-0.15, -0.1) is 0 Å². The molecule has 2 saturated heterocycles. The third-order valence-corrected chi connectivity index (χ3v) is 11.3. The molecule has 8 heteroatoms. The van der Waals surface area contributed by atoms with Crippen LogP contribution in [0.1, 0.15) is 34.1 Å². The van der Waals surface area contributed by atoms with Crippen LogP contribution in [0.5, 0.6) is 0 Å². The van der Waals surface area contributed by atoms with E-state index in [1.807, 2.05) is 0 Å². The van der Waals surface area contributed by atoms with E-state index in [1.54, 1.807) is 16.4 Å². The van der Waals surface area contributed by atoms with Gasteiger partial charge in [-0.25, -0.2) is 9.59 Å². The summed E-state index contributed by atoms with van der Waals surface area (Å²) in [6, 6.07) is -0.731. The van der Waals surface area contributed by atoms with Crippen molar-refractivity contribution in [3.05, 3.63) is 0 Å². The number of carboxylic acid groups (broad SMARTS) is 1. The minimum atomic E-state index is -2.22. The molecular weight excluding hydrogens is 340 g/mol. The Hall–Kier alpha value is -1.57. The maximum absolute atomic E-state index is 12.8. The molecule has 7 nitrogen and oxygen atoms in total. The summed E-state index contributed by atoms with van der Waals surface area (Å²) in [6.07, 6.45) is 0.188. The molecule has 2 atom stereocenters. The second kappa shape index (κ2) is 6.62. The van der Waals surface area contributed by atoms with Gasteiger partial charge in [0.25, 0.3) is 0 Å². The van der Waals surface area contributed by atoms with E-state index in [0.29, 0.717) is 26.1 Å². The summed E-state index contributed by atoms with van der Waals surface area (Å²) in [5, 5.41) is 9.58. The molecule has 2 aliphatic heterocycles. The lowest BCUT2D eigenvalue weighted by Gasteiger charge is -2.57. The van der Waals surface area contributed by atoms with Crippen molar-refractivity contribution in [2.75, 3.05) is 19.7 Å². The molecule has 0 aromatic carbocycles. The zero-order chi connectivity index (χ0) is 19.2. The van der Waals surface area contributed by atoms with E-state index >= 15 is 0 Å². The topological polar surface area (TPSA) is 87.2 Å². The number of nitrogens with zero attached hydrogens (tertiary/aromatic N) is 2. The van der Waals surface area contributed by atoms with E-state index in [-0.39, 0.29) is 23.0 Å². The van der Waals surface area contributed by atoms with E-state index in [9.17, 15) is 19.5 Å². The van der Waals surface area contributed by atoms with Crippen molar-refractivity contribution in [3.8, 4) is 0 Å². The van der Waals surface area contributed by atoms with Crippen molar-refractivity contribution in [1.29, 1.82) is 0 Å². The highest BCUT2D eigenvalue weighted by Gasteiger charge is 2.60. The minimum Gasteiger partial charge on any atom is -0.480 e. The number of hydrogen-bond donors (Lipinski definition) is 1. The van der Waals surface area contributed by atoms with Crippen molar-refractivity contribution < 1.29 is 24.2 Å². The maximum atomic E-state index is 12.8. The molecule has 1 N–H and O–H groups in total. The number of rotatable bonds is 5. The molecule has 2 heterocycles. The first-order valence-electron chi connectivity index (χ1n) is 8.89. The van der Waals surface area contributed by atoms with Crippen LogP contribution < -0.4 is 0 Å². The number of aliphatic carboxylic acids is 1. The number of carbonyl (C=O) groups is 3. The van der Waals surface area contributed by atoms with Gasteiger partial charge in [0.05, 0.1) is 12.5 Å². The first kappa shape index (κ1) is 19.7. The Morgan fingerprint density at radius 3 is 2.28 bits per heavy atom. The van der Waals surface area contributed by atoms with E-state index in [1.165, 1.54) is 0 Å². The molecular formula is C17H30N2O5Si. The summed E-state index contributed by atoms with van der Waals surface area (Å²) in [6.45, 7) is 13.5. The summed E-state index contributed by atoms with van der Waals surface area (Å²) in [4.78, 5) is 37.8. The number of likely N-dealkylation sites (tertiary alicyclic amines) is 1. The van der Waals surface area contributed by atoms with Crippen molar-refractivity contribution in [2.24, 2.45) is 11.8 Å². The van der Waals surface area contributed by atoms with Crippen LogP contribution in [-0.4, -0.2) is 66.5 Å². The molecule has 1 unspecified atom stereocenters. The molecule has 142 valence electrons. The molecule has 0 bridgehead atoms. The largest absolute Gasteiger partial charge is 0.480 e. The van der Waals surface area contributed by atoms with Crippen molar-refractivity contribution in [2.45, 2.75) is 58.3 Å². The Morgan fingerprint density at radius 1 is 1.28 bits per heavy atom. The van der Waals surface area contributed by atoms with Crippen molar-refractivity contribution >= 4 is 26.2 Å². The second-order valence-corrected chi connectivity index (χ2v) is 13.7. The van der Waals surface area contributed by atoms with Gasteiger partial charge in [0.2, 0.25) is 5.91 Å². The molecule has 0 aromatic rings. The Kier molecular flexibility index (Phi) is 5.23. The smallest absolute Gasteiger partial charge is 0.409 e. The maximum Gasteiger partial charge on any atom is 0.409 e. The molecule has 2 rings (SSSR count). The van der Waals surface area contributed by atoms with Crippen LogP contribution in [0.3, 0.4) is 0 Å².